The van der Waals surface area contributed by atoms with Crippen LogP contribution in [0.4, 0.5) is 5.69 Å². The van der Waals surface area contributed by atoms with Gasteiger partial charge in [-0.05, 0) is 37.5 Å². The van der Waals surface area contributed by atoms with Gasteiger partial charge < -0.3 is 10.6 Å². The molecule has 1 heterocycles. The molecule has 1 saturated carbocycles. The third kappa shape index (κ3) is 4.34. The van der Waals surface area contributed by atoms with Gasteiger partial charge in [0.15, 0.2) is 0 Å². The summed E-state index contributed by atoms with van der Waals surface area (Å²) in [6.45, 7) is 2.11. The normalized spacial score (nSPS) is 16.4. The minimum atomic E-state index is -0.0652. The predicted molar refractivity (Wildman–Crippen MR) is 97.1 cm³/mol. The van der Waals surface area contributed by atoms with Crippen molar-refractivity contribution < 1.29 is 4.79 Å². The number of nitrogens with zero attached hydrogens (tertiary/aromatic N) is 1. The zero-order valence-electron chi connectivity index (χ0n) is 14.2. The number of hydrogen-bond donors (Lipinski definition) is 2. The van der Waals surface area contributed by atoms with E-state index in [4.69, 9.17) is 0 Å². The van der Waals surface area contributed by atoms with Crippen LogP contribution >= 0.6 is 0 Å². The standard InChI is InChI=1S/C20H25N3O/c1-15(16-8-4-2-5-9-16)22-18-12-13-19(21-14-18)20(24)23-17-10-6-3-7-11-17/h2,4-5,8-9,12-15,17,22H,3,6-7,10-11H2,1H3,(H,23,24). The Balaban J connectivity index is 1.57. The van der Waals surface area contributed by atoms with Gasteiger partial charge >= 0.3 is 0 Å². The number of carbonyl (C=O) groups excluding carboxylic acids is 1. The van der Waals surface area contributed by atoms with E-state index in [0.29, 0.717) is 11.7 Å². The zero-order chi connectivity index (χ0) is 16.8. The molecule has 1 aromatic heterocycles. The molecule has 1 atom stereocenters. The fraction of sp³-hybridized carbons (Fsp3) is 0.400. The van der Waals surface area contributed by atoms with Gasteiger partial charge in [0.2, 0.25) is 0 Å². The molecule has 1 aliphatic carbocycles. The van der Waals surface area contributed by atoms with Crippen LogP contribution in [-0.2, 0) is 0 Å². The maximum Gasteiger partial charge on any atom is 0.270 e. The van der Waals surface area contributed by atoms with Crippen LogP contribution in [0, 0.1) is 0 Å². The van der Waals surface area contributed by atoms with Crippen molar-refractivity contribution in [3.8, 4) is 0 Å². The predicted octanol–water partition coefficient (Wildman–Crippen LogP) is 4.32. The van der Waals surface area contributed by atoms with Gasteiger partial charge in [0, 0.05) is 12.1 Å². The quantitative estimate of drug-likeness (QED) is 0.861. The lowest BCUT2D eigenvalue weighted by Gasteiger charge is -2.22. The molecule has 0 bridgehead atoms. The highest BCUT2D eigenvalue weighted by Gasteiger charge is 2.17. The summed E-state index contributed by atoms with van der Waals surface area (Å²) in [5.41, 5.74) is 2.62. The van der Waals surface area contributed by atoms with Gasteiger partial charge in [0.05, 0.1) is 11.9 Å². The lowest BCUT2D eigenvalue weighted by Crippen LogP contribution is -2.36. The summed E-state index contributed by atoms with van der Waals surface area (Å²) in [5, 5.41) is 6.51. The number of rotatable bonds is 5. The Hall–Kier alpha value is -2.36. The smallest absolute Gasteiger partial charge is 0.270 e. The van der Waals surface area contributed by atoms with Gasteiger partial charge in [-0.25, -0.2) is 4.98 Å². The highest BCUT2D eigenvalue weighted by atomic mass is 16.1. The molecule has 1 aromatic carbocycles. The van der Waals surface area contributed by atoms with Crippen LogP contribution < -0.4 is 10.6 Å². The van der Waals surface area contributed by atoms with E-state index < -0.39 is 0 Å². The minimum Gasteiger partial charge on any atom is -0.377 e. The first kappa shape index (κ1) is 16.5. The molecule has 24 heavy (non-hydrogen) atoms. The Morgan fingerprint density at radius 1 is 1.08 bits per heavy atom. The summed E-state index contributed by atoms with van der Waals surface area (Å²) in [6.07, 6.45) is 7.59. The summed E-state index contributed by atoms with van der Waals surface area (Å²) >= 11 is 0. The van der Waals surface area contributed by atoms with Gasteiger partial charge in [-0.2, -0.15) is 0 Å². The van der Waals surface area contributed by atoms with Crippen molar-refractivity contribution in [3.05, 3.63) is 59.9 Å². The second-order valence-corrected chi connectivity index (χ2v) is 6.52. The molecule has 2 N–H and O–H groups in total. The minimum absolute atomic E-state index is 0.0652. The molecule has 0 radical (unpaired) electrons. The fourth-order valence-electron chi connectivity index (χ4n) is 3.19. The molecule has 1 aliphatic rings. The van der Waals surface area contributed by atoms with Crippen LogP contribution in [0.1, 0.15) is 61.1 Å². The number of hydrogen-bond acceptors (Lipinski definition) is 3. The molecule has 0 spiro atoms. The first-order valence-corrected chi connectivity index (χ1v) is 8.81. The van der Waals surface area contributed by atoms with E-state index >= 15 is 0 Å². The van der Waals surface area contributed by atoms with Gasteiger partial charge in [-0.15, -0.1) is 0 Å². The molecule has 126 valence electrons. The van der Waals surface area contributed by atoms with Gasteiger partial charge in [0.25, 0.3) is 5.91 Å². The summed E-state index contributed by atoms with van der Waals surface area (Å²) in [4.78, 5) is 16.6. The average Bonchev–Trinajstić information content (AvgIpc) is 2.64. The summed E-state index contributed by atoms with van der Waals surface area (Å²) in [7, 11) is 0. The Morgan fingerprint density at radius 3 is 2.50 bits per heavy atom. The maximum absolute atomic E-state index is 12.3. The van der Waals surface area contributed by atoms with Crippen molar-refractivity contribution in [3.63, 3.8) is 0 Å². The first-order chi connectivity index (χ1) is 11.7. The number of benzene rings is 1. The van der Waals surface area contributed by atoms with Crippen LogP contribution in [0.5, 0.6) is 0 Å². The number of amides is 1. The number of carbonyl (C=O) groups is 1. The molecule has 3 rings (SSSR count). The Labute approximate surface area is 143 Å². The highest BCUT2D eigenvalue weighted by molar-refractivity contribution is 5.92. The third-order valence-corrected chi connectivity index (χ3v) is 4.62. The Kier molecular flexibility index (Phi) is 5.47. The second kappa shape index (κ2) is 7.95. The van der Waals surface area contributed by atoms with E-state index in [1.807, 2.05) is 24.3 Å². The monoisotopic (exact) mass is 323 g/mol. The van der Waals surface area contributed by atoms with Crippen LogP contribution in [0.25, 0.3) is 0 Å². The molecule has 4 nitrogen and oxygen atoms in total. The number of pyridine rings is 1. The first-order valence-electron chi connectivity index (χ1n) is 8.81. The lowest BCUT2D eigenvalue weighted by atomic mass is 9.95. The van der Waals surface area contributed by atoms with Gasteiger partial charge in [-0.1, -0.05) is 49.6 Å². The van der Waals surface area contributed by atoms with Crippen molar-refractivity contribution in [1.82, 2.24) is 10.3 Å². The Morgan fingerprint density at radius 2 is 1.83 bits per heavy atom. The van der Waals surface area contributed by atoms with Crippen molar-refractivity contribution in [2.75, 3.05) is 5.32 Å². The molecule has 1 fully saturated rings. The van der Waals surface area contributed by atoms with Crippen LogP contribution in [0.3, 0.4) is 0 Å². The topological polar surface area (TPSA) is 54.0 Å². The van der Waals surface area contributed by atoms with Crippen LogP contribution in [0.2, 0.25) is 0 Å². The molecule has 0 aliphatic heterocycles. The van der Waals surface area contributed by atoms with Crippen molar-refractivity contribution >= 4 is 11.6 Å². The number of anilines is 1. The Bertz CT molecular complexity index is 648. The van der Waals surface area contributed by atoms with Gasteiger partial charge in [0.1, 0.15) is 5.69 Å². The van der Waals surface area contributed by atoms with Crippen molar-refractivity contribution in [2.45, 2.75) is 51.1 Å². The fourth-order valence-corrected chi connectivity index (χ4v) is 3.19. The molecule has 1 amide bonds. The van der Waals surface area contributed by atoms with E-state index in [-0.39, 0.29) is 11.9 Å². The van der Waals surface area contributed by atoms with E-state index in [1.165, 1.54) is 24.8 Å². The highest BCUT2D eigenvalue weighted by Crippen LogP contribution is 2.19. The van der Waals surface area contributed by atoms with E-state index in [2.05, 4.69) is 34.7 Å². The van der Waals surface area contributed by atoms with E-state index in [0.717, 1.165) is 18.5 Å². The van der Waals surface area contributed by atoms with E-state index in [1.54, 1.807) is 12.3 Å². The second-order valence-electron chi connectivity index (χ2n) is 6.52. The maximum atomic E-state index is 12.3. The SMILES string of the molecule is CC(Nc1ccc(C(=O)NC2CCCCC2)nc1)c1ccccc1. The van der Waals surface area contributed by atoms with Crippen LogP contribution in [-0.4, -0.2) is 16.9 Å². The number of aromatic nitrogens is 1. The van der Waals surface area contributed by atoms with Gasteiger partial charge in [-0.3, -0.25) is 4.79 Å². The largest absolute Gasteiger partial charge is 0.377 e. The van der Waals surface area contributed by atoms with Crippen molar-refractivity contribution in [1.29, 1.82) is 0 Å². The lowest BCUT2D eigenvalue weighted by molar-refractivity contribution is 0.0922. The van der Waals surface area contributed by atoms with E-state index in [9.17, 15) is 4.79 Å². The number of nitrogens with one attached hydrogen (secondary N) is 2. The summed E-state index contributed by atoms with van der Waals surface area (Å²) in [6, 6.07) is 14.5. The molecule has 0 saturated heterocycles. The molecular formula is C20H25N3O. The molecular weight excluding hydrogens is 298 g/mol. The summed E-state index contributed by atoms with van der Waals surface area (Å²) in [5.74, 6) is -0.0652. The average molecular weight is 323 g/mol. The summed E-state index contributed by atoms with van der Waals surface area (Å²) < 4.78 is 0. The zero-order valence-corrected chi connectivity index (χ0v) is 14.2. The van der Waals surface area contributed by atoms with Crippen LogP contribution in [0.15, 0.2) is 48.7 Å². The molecule has 1 unspecified atom stereocenters. The third-order valence-electron chi connectivity index (χ3n) is 4.62. The van der Waals surface area contributed by atoms with Crippen molar-refractivity contribution in [2.24, 2.45) is 0 Å². The molecule has 4 heteroatoms. The molecule has 2 aromatic rings.